The zero-order chi connectivity index (χ0) is 21.1. The summed E-state index contributed by atoms with van der Waals surface area (Å²) in [5.41, 5.74) is 0.976. The van der Waals surface area contributed by atoms with Gasteiger partial charge in [-0.15, -0.1) is 0 Å². The van der Waals surface area contributed by atoms with Crippen molar-refractivity contribution in [3.05, 3.63) is 52.0 Å². The normalized spacial score (nSPS) is 15.4. The van der Waals surface area contributed by atoms with E-state index in [2.05, 4.69) is 21.2 Å². The highest BCUT2D eigenvalue weighted by molar-refractivity contribution is 9.10. The van der Waals surface area contributed by atoms with Gasteiger partial charge in [-0.25, -0.2) is 4.90 Å². The van der Waals surface area contributed by atoms with E-state index < -0.39 is 11.8 Å². The molecule has 3 rings (SSSR count). The van der Waals surface area contributed by atoms with Crippen molar-refractivity contribution in [2.24, 2.45) is 0 Å². The standard InChI is InChI=1S/C20H17BrN2O5S/c1-26-12-5-6-15(17(10-12)28-3)23-19(25)13(18(24)22-20(23)29)8-11-4-7-16(27-2)14(21)9-11/h4-10H,1-3H3,(H,22,24,29)/b13-8+. The van der Waals surface area contributed by atoms with E-state index in [1.54, 1.807) is 43.5 Å². The van der Waals surface area contributed by atoms with E-state index in [-0.39, 0.29) is 10.7 Å². The first-order valence-corrected chi connectivity index (χ1v) is 9.56. The average molecular weight is 477 g/mol. The maximum absolute atomic E-state index is 13.2. The molecule has 9 heteroatoms. The third-order valence-electron chi connectivity index (χ3n) is 4.22. The molecule has 1 N–H and O–H groups in total. The number of carbonyl (C=O) groups excluding carboxylic acids is 2. The van der Waals surface area contributed by atoms with Gasteiger partial charge in [0.05, 0.1) is 31.5 Å². The molecule has 2 amide bonds. The summed E-state index contributed by atoms with van der Waals surface area (Å²) >= 11 is 8.63. The number of hydrogen-bond acceptors (Lipinski definition) is 6. The van der Waals surface area contributed by atoms with Gasteiger partial charge in [0.25, 0.3) is 11.8 Å². The van der Waals surface area contributed by atoms with Crippen LogP contribution >= 0.6 is 28.1 Å². The van der Waals surface area contributed by atoms with Crippen LogP contribution in [0.4, 0.5) is 5.69 Å². The van der Waals surface area contributed by atoms with Crippen LogP contribution in [-0.2, 0) is 9.59 Å². The molecule has 0 spiro atoms. The fraction of sp³-hybridized carbons (Fsp3) is 0.150. The van der Waals surface area contributed by atoms with Crippen molar-refractivity contribution >= 4 is 56.8 Å². The maximum Gasteiger partial charge on any atom is 0.270 e. The highest BCUT2D eigenvalue weighted by atomic mass is 79.9. The van der Waals surface area contributed by atoms with Gasteiger partial charge in [0.15, 0.2) is 5.11 Å². The topological polar surface area (TPSA) is 77.1 Å². The Morgan fingerprint density at radius 3 is 2.34 bits per heavy atom. The Balaban J connectivity index is 2.04. The predicted octanol–water partition coefficient (Wildman–Crippen LogP) is 3.31. The maximum atomic E-state index is 13.2. The molecule has 0 saturated carbocycles. The molecular formula is C20H17BrN2O5S. The first-order valence-electron chi connectivity index (χ1n) is 8.36. The minimum atomic E-state index is -0.573. The second kappa shape index (κ2) is 8.62. The molecule has 1 saturated heterocycles. The second-order valence-corrected chi connectivity index (χ2v) is 7.13. The SMILES string of the molecule is COc1ccc(N2C(=O)/C(=C/c3ccc(OC)c(Br)c3)C(=O)NC2=S)c(OC)c1. The number of amides is 2. The van der Waals surface area contributed by atoms with Crippen molar-refractivity contribution in [3.8, 4) is 17.2 Å². The molecule has 2 aromatic carbocycles. The Hall–Kier alpha value is -2.91. The van der Waals surface area contributed by atoms with Crippen molar-refractivity contribution in [1.29, 1.82) is 0 Å². The predicted molar refractivity (Wildman–Crippen MR) is 116 cm³/mol. The number of methoxy groups -OCH3 is 3. The van der Waals surface area contributed by atoms with Crippen molar-refractivity contribution < 1.29 is 23.8 Å². The number of ether oxygens (including phenoxy) is 3. The van der Waals surface area contributed by atoms with Crippen molar-refractivity contribution in [2.45, 2.75) is 0 Å². The molecule has 7 nitrogen and oxygen atoms in total. The highest BCUT2D eigenvalue weighted by Crippen LogP contribution is 2.34. The van der Waals surface area contributed by atoms with Crippen LogP contribution < -0.4 is 24.4 Å². The Bertz CT molecular complexity index is 1040. The first kappa shape index (κ1) is 20.8. The number of halogens is 1. The summed E-state index contributed by atoms with van der Waals surface area (Å²) in [6.45, 7) is 0. The minimum absolute atomic E-state index is 0.0310. The number of rotatable bonds is 5. The van der Waals surface area contributed by atoms with Gasteiger partial charge < -0.3 is 14.2 Å². The Morgan fingerprint density at radius 1 is 1.00 bits per heavy atom. The third-order valence-corrected chi connectivity index (χ3v) is 5.12. The number of carbonyl (C=O) groups is 2. The molecule has 0 unspecified atom stereocenters. The van der Waals surface area contributed by atoms with Gasteiger partial charge in [0.2, 0.25) is 0 Å². The summed E-state index contributed by atoms with van der Waals surface area (Å²) in [4.78, 5) is 26.8. The molecule has 29 heavy (non-hydrogen) atoms. The Kier molecular flexibility index (Phi) is 6.19. The smallest absolute Gasteiger partial charge is 0.270 e. The number of anilines is 1. The monoisotopic (exact) mass is 476 g/mol. The zero-order valence-electron chi connectivity index (χ0n) is 15.8. The molecule has 1 aliphatic rings. The molecule has 1 aliphatic heterocycles. The molecule has 0 radical (unpaired) electrons. The fourth-order valence-electron chi connectivity index (χ4n) is 2.78. The molecular weight excluding hydrogens is 460 g/mol. The van der Waals surface area contributed by atoms with Gasteiger partial charge in [-0.05, 0) is 64.1 Å². The molecule has 150 valence electrons. The molecule has 2 aromatic rings. The summed E-state index contributed by atoms with van der Waals surface area (Å²) < 4.78 is 16.5. The van der Waals surface area contributed by atoms with E-state index in [1.807, 2.05) is 0 Å². The van der Waals surface area contributed by atoms with E-state index in [9.17, 15) is 9.59 Å². The molecule has 0 aromatic heterocycles. The highest BCUT2D eigenvalue weighted by Gasteiger charge is 2.36. The van der Waals surface area contributed by atoms with Crippen LogP contribution in [0.15, 0.2) is 46.4 Å². The summed E-state index contributed by atoms with van der Waals surface area (Å²) in [5, 5.41) is 2.52. The lowest BCUT2D eigenvalue weighted by Crippen LogP contribution is -2.54. The number of nitrogens with zero attached hydrogens (tertiary/aromatic N) is 1. The van der Waals surface area contributed by atoms with E-state index in [0.29, 0.717) is 33.0 Å². The zero-order valence-corrected chi connectivity index (χ0v) is 18.2. The molecule has 0 atom stereocenters. The first-order chi connectivity index (χ1) is 13.9. The number of hydrogen-bond donors (Lipinski definition) is 1. The molecule has 1 fully saturated rings. The average Bonchev–Trinajstić information content (AvgIpc) is 2.71. The second-order valence-electron chi connectivity index (χ2n) is 5.89. The van der Waals surface area contributed by atoms with Crippen LogP contribution in [0.5, 0.6) is 17.2 Å². The molecule has 1 heterocycles. The van der Waals surface area contributed by atoms with Crippen molar-refractivity contribution in [2.75, 3.05) is 26.2 Å². The molecule has 0 aliphatic carbocycles. The van der Waals surface area contributed by atoms with Gasteiger partial charge in [0.1, 0.15) is 22.8 Å². The summed E-state index contributed by atoms with van der Waals surface area (Å²) in [7, 11) is 4.55. The minimum Gasteiger partial charge on any atom is -0.497 e. The van der Waals surface area contributed by atoms with Crippen LogP contribution in [0.3, 0.4) is 0 Å². The van der Waals surface area contributed by atoms with Gasteiger partial charge >= 0.3 is 0 Å². The van der Waals surface area contributed by atoms with Gasteiger partial charge in [-0.2, -0.15) is 0 Å². The Labute approximate surface area is 181 Å². The van der Waals surface area contributed by atoms with Crippen molar-refractivity contribution in [1.82, 2.24) is 5.32 Å². The van der Waals surface area contributed by atoms with Gasteiger partial charge in [-0.1, -0.05) is 6.07 Å². The lowest BCUT2D eigenvalue weighted by atomic mass is 10.1. The number of benzene rings is 2. The lowest BCUT2D eigenvalue weighted by molar-refractivity contribution is -0.122. The fourth-order valence-corrected chi connectivity index (χ4v) is 3.62. The van der Waals surface area contributed by atoms with Crippen LogP contribution in [0, 0.1) is 0 Å². The van der Waals surface area contributed by atoms with E-state index >= 15 is 0 Å². The van der Waals surface area contributed by atoms with E-state index in [4.69, 9.17) is 26.4 Å². The summed E-state index contributed by atoms with van der Waals surface area (Å²) in [5.74, 6) is 0.439. The molecule has 0 bridgehead atoms. The summed E-state index contributed by atoms with van der Waals surface area (Å²) in [6.07, 6.45) is 1.49. The van der Waals surface area contributed by atoms with E-state index in [0.717, 1.165) is 0 Å². The number of thiocarbonyl (C=S) groups is 1. The van der Waals surface area contributed by atoms with Crippen LogP contribution in [-0.4, -0.2) is 38.3 Å². The van der Waals surface area contributed by atoms with E-state index in [1.165, 1.54) is 25.2 Å². The largest absolute Gasteiger partial charge is 0.497 e. The lowest BCUT2D eigenvalue weighted by Gasteiger charge is -2.30. The van der Waals surface area contributed by atoms with Gasteiger partial charge in [-0.3, -0.25) is 14.9 Å². The number of nitrogens with one attached hydrogen (secondary N) is 1. The van der Waals surface area contributed by atoms with Crippen LogP contribution in [0.1, 0.15) is 5.56 Å². The Morgan fingerprint density at radius 2 is 1.72 bits per heavy atom. The third kappa shape index (κ3) is 4.10. The van der Waals surface area contributed by atoms with Crippen LogP contribution in [0.2, 0.25) is 0 Å². The quantitative estimate of drug-likeness (QED) is 0.405. The van der Waals surface area contributed by atoms with Crippen molar-refractivity contribution in [3.63, 3.8) is 0 Å². The van der Waals surface area contributed by atoms with Crippen LogP contribution in [0.25, 0.3) is 6.08 Å². The summed E-state index contributed by atoms with van der Waals surface area (Å²) in [6, 6.07) is 10.2. The van der Waals surface area contributed by atoms with Gasteiger partial charge in [0, 0.05) is 6.07 Å².